The summed E-state index contributed by atoms with van der Waals surface area (Å²) in [5, 5.41) is 3.28. The van der Waals surface area contributed by atoms with Crippen LogP contribution in [-0.2, 0) is 6.18 Å². The third kappa shape index (κ3) is 3.32. The van der Waals surface area contributed by atoms with Gasteiger partial charge in [-0.1, -0.05) is 16.9 Å². The van der Waals surface area contributed by atoms with Crippen molar-refractivity contribution in [2.24, 2.45) is 0 Å². The molecule has 0 amide bonds. The molecule has 0 aliphatic heterocycles. The molecule has 1 aliphatic rings. The summed E-state index contributed by atoms with van der Waals surface area (Å²) in [5.74, 6) is 1.24. The van der Waals surface area contributed by atoms with Crippen LogP contribution in [0.25, 0.3) is 0 Å². The molecule has 118 valence electrons. The highest BCUT2D eigenvalue weighted by molar-refractivity contribution is 7.99. The molecular formula is C12H11F3N4O2S. The van der Waals surface area contributed by atoms with Crippen LogP contribution >= 0.6 is 11.8 Å². The molecule has 3 rings (SSSR count). The van der Waals surface area contributed by atoms with E-state index in [9.17, 15) is 18.0 Å². The van der Waals surface area contributed by atoms with Crippen LogP contribution in [0.15, 0.2) is 20.5 Å². The lowest BCUT2D eigenvalue weighted by molar-refractivity contribution is -0.141. The van der Waals surface area contributed by atoms with Gasteiger partial charge in [-0.3, -0.25) is 4.79 Å². The van der Waals surface area contributed by atoms with Crippen LogP contribution in [0, 0.1) is 0 Å². The molecule has 0 aromatic carbocycles. The zero-order chi connectivity index (χ0) is 15.9. The molecule has 1 aliphatic carbocycles. The predicted molar refractivity (Wildman–Crippen MR) is 70.4 cm³/mol. The average Bonchev–Trinajstić information content (AvgIpc) is 3.14. The maximum absolute atomic E-state index is 12.6. The number of nitrogens with one attached hydrogen (secondary N) is 1. The molecule has 1 fully saturated rings. The van der Waals surface area contributed by atoms with E-state index in [0.29, 0.717) is 23.7 Å². The van der Waals surface area contributed by atoms with Gasteiger partial charge in [0.05, 0.1) is 5.25 Å². The van der Waals surface area contributed by atoms with Crippen molar-refractivity contribution < 1.29 is 17.7 Å². The standard InChI is InChI=1S/C12H11F3N4O2S/c1-5(10-18-9(19-21-10)6-2-3-6)22-11-16-7(12(13,14)15)4-8(20)17-11/h4-6H,2-3H2,1H3,(H,16,17,20). The van der Waals surface area contributed by atoms with Gasteiger partial charge in [-0.15, -0.1) is 0 Å². The van der Waals surface area contributed by atoms with Gasteiger partial charge in [0.25, 0.3) is 5.56 Å². The minimum absolute atomic E-state index is 0.140. The fraction of sp³-hybridized carbons (Fsp3) is 0.500. The van der Waals surface area contributed by atoms with Gasteiger partial charge in [0.2, 0.25) is 5.89 Å². The second-order valence-corrected chi connectivity index (χ2v) is 6.29. The first-order valence-corrected chi connectivity index (χ1v) is 7.39. The maximum Gasteiger partial charge on any atom is 0.433 e. The highest BCUT2D eigenvalue weighted by Gasteiger charge is 2.34. The Hall–Kier alpha value is -1.84. The Morgan fingerprint density at radius 2 is 2.14 bits per heavy atom. The van der Waals surface area contributed by atoms with E-state index in [1.807, 2.05) is 0 Å². The fourth-order valence-electron chi connectivity index (χ4n) is 1.77. The molecule has 1 unspecified atom stereocenters. The van der Waals surface area contributed by atoms with E-state index in [1.54, 1.807) is 6.92 Å². The summed E-state index contributed by atoms with van der Waals surface area (Å²) in [6.45, 7) is 1.69. The van der Waals surface area contributed by atoms with Gasteiger partial charge in [0.1, 0.15) is 0 Å². The number of nitrogens with zero attached hydrogens (tertiary/aromatic N) is 3. The third-order valence-electron chi connectivity index (χ3n) is 3.05. The first-order valence-electron chi connectivity index (χ1n) is 6.51. The summed E-state index contributed by atoms with van der Waals surface area (Å²) < 4.78 is 43.0. The molecule has 0 bridgehead atoms. The number of aromatic amines is 1. The molecule has 1 saturated carbocycles. The number of aromatic nitrogens is 4. The predicted octanol–water partition coefficient (Wildman–Crippen LogP) is 2.90. The van der Waals surface area contributed by atoms with Crippen LogP contribution in [0.1, 0.15) is 48.3 Å². The van der Waals surface area contributed by atoms with Crippen molar-refractivity contribution in [2.45, 2.75) is 42.3 Å². The van der Waals surface area contributed by atoms with Gasteiger partial charge < -0.3 is 9.51 Å². The van der Waals surface area contributed by atoms with Crippen LogP contribution in [0.4, 0.5) is 13.2 Å². The SMILES string of the molecule is CC(Sc1nc(C(F)(F)F)cc(=O)[nH]1)c1nc(C2CC2)no1. The highest BCUT2D eigenvalue weighted by atomic mass is 32.2. The Bertz CT molecular complexity index is 738. The van der Waals surface area contributed by atoms with Gasteiger partial charge in [0.15, 0.2) is 16.7 Å². The molecule has 0 spiro atoms. The minimum Gasteiger partial charge on any atom is -0.338 e. The third-order valence-corrected chi connectivity index (χ3v) is 4.02. The highest BCUT2D eigenvalue weighted by Crippen LogP contribution is 2.40. The second-order valence-electron chi connectivity index (χ2n) is 4.96. The second kappa shape index (κ2) is 5.41. The molecule has 22 heavy (non-hydrogen) atoms. The van der Waals surface area contributed by atoms with Crippen LogP contribution in [0.5, 0.6) is 0 Å². The lowest BCUT2D eigenvalue weighted by atomic mass is 10.4. The van der Waals surface area contributed by atoms with E-state index in [-0.39, 0.29) is 5.16 Å². The summed E-state index contributed by atoms with van der Waals surface area (Å²) in [6.07, 6.45) is -2.64. The van der Waals surface area contributed by atoms with Gasteiger partial charge in [-0.2, -0.15) is 18.2 Å². The minimum atomic E-state index is -4.67. The fourth-order valence-corrected chi connectivity index (χ4v) is 2.62. The molecule has 2 aromatic rings. The molecule has 0 radical (unpaired) electrons. The van der Waals surface area contributed by atoms with Gasteiger partial charge in [-0.05, 0) is 19.8 Å². The Kier molecular flexibility index (Phi) is 3.71. The largest absolute Gasteiger partial charge is 0.433 e. The van der Waals surface area contributed by atoms with Crippen molar-refractivity contribution in [3.8, 4) is 0 Å². The van der Waals surface area contributed by atoms with Crippen molar-refractivity contribution in [3.63, 3.8) is 0 Å². The summed E-state index contributed by atoms with van der Waals surface area (Å²) in [4.78, 5) is 21.2. The quantitative estimate of drug-likeness (QED) is 0.684. The molecule has 6 nitrogen and oxygen atoms in total. The zero-order valence-corrected chi connectivity index (χ0v) is 12.2. The lowest BCUT2D eigenvalue weighted by Gasteiger charge is -2.08. The van der Waals surface area contributed by atoms with E-state index in [1.165, 1.54) is 0 Å². The Morgan fingerprint density at radius 3 is 2.77 bits per heavy atom. The van der Waals surface area contributed by atoms with Gasteiger partial charge >= 0.3 is 6.18 Å². The molecule has 0 saturated heterocycles. The average molecular weight is 332 g/mol. The molecule has 1 atom stereocenters. The normalized spacial score (nSPS) is 16.7. The maximum atomic E-state index is 12.6. The number of alkyl halides is 3. The molecule has 2 heterocycles. The topological polar surface area (TPSA) is 84.7 Å². The zero-order valence-electron chi connectivity index (χ0n) is 11.3. The van der Waals surface area contributed by atoms with Crippen molar-refractivity contribution in [2.75, 3.05) is 0 Å². The number of halogens is 3. The van der Waals surface area contributed by atoms with Gasteiger partial charge in [0, 0.05) is 12.0 Å². The summed E-state index contributed by atoms with van der Waals surface area (Å²) in [5.41, 5.74) is -2.09. The number of H-pyrrole nitrogens is 1. The lowest BCUT2D eigenvalue weighted by Crippen LogP contribution is -2.17. The summed E-state index contributed by atoms with van der Waals surface area (Å²) >= 11 is 0.924. The number of thioether (sulfide) groups is 1. The molecular weight excluding hydrogens is 321 g/mol. The first kappa shape index (κ1) is 15.1. The van der Waals surface area contributed by atoms with Crippen molar-refractivity contribution in [3.05, 3.63) is 33.8 Å². The van der Waals surface area contributed by atoms with Gasteiger partial charge in [-0.25, -0.2) is 4.98 Å². The number of hydrogen-bond donors (Lipinski definition) is 1. The molecule has 1 N–H and O–H groups in total. The smallest absolute Gasteiger partial charge is 0.338 e. The number of rotatable bonds is 4. The van der Waals surface area contributed by atoms with Crippen molar-refractivity contribution >= 4 is 11.8 Å². The monoisotopic (exact) mass is 332 g/mol. The van der Waals surface area contributed by atoms with Crippen LogP contribution in [0.2, 0.25) is 0 Å². The molecule has 10 heteroatoms. The first-order chi connectivity index (χ1) is 10.3. The number of hydrogen-bond acceptors (Lipinski definition) is 6. The summed E-state index contributed by atoms with van der Waals surface area (Å²) in [6, 6.07) is 0.423. The van der Waals surface area contributed by atoms with Crippen LogP contribution in [0.3, 0.4) is 0 Å². The van der Waals surface area contributed by atoms with Crippen LogP contribution in [-0.4, -0.2) is 20.1 Å². The van der Waals surface area contributed by atoms with Crippen LogP contribution < -0.4 is 5.56 Å². The Labute approximate surface area is 126 Å². The Balaban J connectivity index is 1.79. The van der Waals surface area contributed by atoms with Crippen molar-refractivity contribution in [1.29, 1.82) is 0 Å². The van der Waals surface area contributed by atoms with E-state index >= 15 is 0 Å². The van der Waals surface area contributed by atoms with E-state index in [0.717, 1.165) is 24.6 Å². The van der Waals surface area contributed by atoms with E-state index < -0.39 is 22.7 Å². The van der Waals surface area contributed by atoms with E-state index in [4.69, 9.17) is 4.52 Å². The van der Waals surface area contributed by atoms with E-state index in [2.05, 4.69) is 20.1 Å². The summed E-state index contributed by atoms with van der Waals surface area (Å²) in [7, 11) is 0. The Morgan fingerprint density at radius 1 is 1.41 bits per heavy atom. The van der Waals surface area contributed by atoms with Crippen molar-refractivity contribution in [1.82, 2.24) is 20.1 Å². The molecule has 2 aromatic heterocycles.